The molecule has 1 amide bonds. The molecule has 3 nitrogen and oxygen atoms in total. The van der Waals surface area contributed by atoms with Crippen LogP contribution in [-0.2, 0) is 9.53 Å². The van der Waals surface area contributed by atoms with Gasteiger partial charge in [-0.05, 0) is 31.2 Å². The summed E-state index contributed by atoms with van der Waals surface area (Å²) in [5.74, 6) is -0.947. The van der Waals surface area contributed by atoms with Crippen LogP contribution in [0.1, 0.15) is 37.8 Å². The van der Waals surface area contributed by atoms with Crippen LogP contribution in [0.15, 0.2) is 18.2 Å². The van der Waals surface area contributed by atoms with Gasteiger partial charge in [-0.25, -0.2) is 8.78 Å². The first kappa shape index (κ1) is 14.9. The van der Waals surface area contributed by atoms with Gasteiger partial charge < -0.3 is 10.1 Å². The van der Waals surface area contributed by atoms with Crippen LogP contribution >= 0.6 is 0 Å². The molecule has 1 unspecified atom stereocenters. The van der Waals surface area contributed by atoms with Gasteiger partial charge in [-0.1, -0.05) is 13.0 Å². The van der Waals surface area contributed by atoms with E-state index in [0.29, 0.717) is 24.5 Å². The molecule has 20 heavy (non-hydrogen) atoms. The molecule has 0 aliphatic heterocycles. The Bertz CT molecular complexity index is 475. The maximum atomic E-state index is 13.7. The fourth-order valence-corrected chi connectivity index (χ4v) is 2.02. The zero-order chi connectivity index (χ0) is 14.5. The maximum absolute atomic E-state index is 13.7. The zero-order valence-electron chi connectivity index (χ0n) is 11.5. The van der Waals surface area contributed by atoms with Gasteiger partial charge in [0.15, 0.2) is 0 Å². The summed E-state index contributed by atoms with van der Waals surface area (Å²) in [4.78, 5) is 11.7. The summed E-state index contributed by atoms with van der Waals surface area (Å²) in [5.41, 5.74) is 0.296. The Kier molecular flexibility index (Phi) is 5.06. The minimum absolute atomic E-state index is 0.0180. The van der Waals surface area contributed by atoms with Crippen LogP contribution in [0.3, 0.4) is 0 Å². The minimum Gasteiger partial charge on any atom is -0.371 e. The van der Waals surface area contributed by atoms with Gasteiger partial charge in [0.25, 0.3) is 0 Å². The summed E-state index contributed by atoms with van der Waals surface area (Å²) in [6, 6.07) is 2.92. The van der Waals surface area contributed by atoms with Crippen molar-refractivity contribution in [1.82, 2.24) is 5.32 Å². The van der Waals surface area contributed by atoms with Gasteiger partial charge in [-0.15, -0.1) is 0 Å². The van der Waals surface area contributed by atoms with Gasteiger partial charge in [0.05, 0.1) is 12.6 Å². The number of rotatable bonds is 7. The van der Waals surface area contributed by atoms with Gasteiger partial charge >= 0.3 is 0 Å². The largest absolute Gasteiger partial charge is 0.371 e. The van der Waals surface area contributed by atoms with Crippen molar-refractivity contribution in [2.45, 2.75) is 32.2 Å². The van der Waals surface area contributed by atoms with E-state index in [9.17, 15) is 13.6 Å². The number of carbonyl (C=O) groups excluding carboxylic acids is 1. The SMILES string of the molecule is CCC(NC(=O)COCC1CC1)c1ccc(F)cc1F. The Morgan fingerprint density at radius 3 is 2.80 bits per heavy atom. The third-order valence-corrected chi connectivity index (χ3v) is 3.37. The van der Waals surface area contributed by atoms with Crippen molar-refractivity contribution in [3.63, 3.8) is 0 Å². The van der Waals surface area contributed by atoms with E-state index in [0.717, 1.165) is 6.07 Å². The molecule has 1 aliphatic rings. The van der Waals surface area contributed by atoms with Crippen molar-refractivity contribution in [3.05, 3.63) is 35.4 Å². The van der Waals surface area contributed by atoms with Gasteiger partial charge in [-0.3, -0.25) is 4.79 Å². The van der Waals surface area contributed by atoms with E-state index in [2.05, 4.69) is 5.32 Å². The smallest absolute Gasteiger partial charge is 0.246 e. The lowest BCUT2D eigenvalue weighted by Crippen LogP contribution is -2.32. The van der Waals surface area contributed by atoms with Crippen molar-refractivity contribution < 1.29 is 18.3 Å². The second-order valence-electron chi connectivity index (χ2n) is 5.15. The van der Waals surface area contributed by atoms with Gasteiger partial charge in [0.2, 0.25) is 5.91 Å². The third-order valence-electron chi connectivity index (χ3n) is 3.37. The number of ether oxygens (including phenoxy) is 1. The molecule has 1 atom stereocenters. The van der Waals surface area contributed by atoms with E-state index < -0.39 is 17.7 Å². The van der Waals surface area contributed by atoms with Crippen molar-refractivity contribution in [2.75, 3.05) is 13.2 Å². The molecule has 0 spiro atoms. The molecule has 1 fully saturated rings. The molecule has 0 saturated heterocycles. The van der Waals surface area contributed by atoms with Crippen LogP contribution in [-0.4, -0.2) is 19.1 Å². The van der Waals surface area contributed by atoms with Crippen LogP contribution in [0.4, 0.5) is 8.78 Å². The number of carbonyl (C=O) groups is 1. The first-order valence-electron chi connectivity index (χ1n) is 6.92. The van der Waals surface area contributed by atoms with Crippen LogP contribution in [0.5, 0.6) is 0 Å². The lowest BCUT2D eigenvalue weighted by atomic mass is 10.0. The maximum Gasteiger partial charge on any atom is 0.246 e. The first-order valence-corrected chi connectivity index (χ1v) is 6.92. The lowest BCUT2D eigenvalue weighted by molar-refractivity contribution is -0.126. The normalized spacial score (nSPS) is 15.9. The highest BCUT2D eigenvalue weighted by Gasteiger charge is 2.22. The molecule has 0 radical (unpaired) electrons. The second kappa shape index (κ2) is 6.79. The Hall–Kier alpha value is -1.49. The number of nitrogens with one attached hydrogen (secondary N) is 1. The third kappa shape index (κ3) is 4.27. The summed E-state index contributed by atoms with van der Waals surface area (Å²) in [6.45, 7) is 2.42. The Morgan fingerprint density at radius 2 is 2.20 bits per heavy atom. The van der Waals surface area contributed by atoms with Crippen LogP contribution in [0.25, 0.3) is 0 Å². The molecule has 2 rings (SSSR count). The number of halogens is 2. The summed E-state index contributed by atoms with van der Waals surface area (Å²) in [7, 11) is 0. The van der Waals surface area contributed by atoms with Crippen molar-refractivity contribution in [3.8, 4) is 0 Å². The summed E-state index contributed by atoms with van der Waals surface area (Å²) in [6.07, 6.45) is 2.86. The Labute approximate surface area is 117 Å². The monoisotopic (exact) mass is 283 g/mol. The average Bonchev–Trinajstić information content (AvgIpc) is 3.21. The predicted molar refractivity (Wildman–Crippen MR) is 71.1 cm³/mol. The van der Waals surface area contributed by atoms with Crippen molar-refractivity contribution in [1.29, 1.82) is 0 Å². The average molecular weight is 283 g/mol. The topological polar surface area (TPSA) is 38.3 Å². The van der Waals surface area contributed by atoms with Crippen LogP contribution < -0.4 is 5.32 Å². The molecule has 1 aromatic rings. The highest BCUT2D eigenvalue weighted by atomic mass is 19.1. The fourth-order valence-electron chi connectivity index (χ4n) is 2.02. The Morgan fingerprint density at radius 1 is 1.45 bits per heavy atom. The summed E-state index contributed by atoms with van der Waals surface area (Å²) in [5, 5.41) is 2.71. The molecule has 5 heteroatoms. The number of hydrogen-bond acceptors (Lipinski definition) is 2. The number of benzene rings is 1. The predicted octanol–water partition coefficient (Wildman–Crippen LogP) is 2.96. The molecular weight excluding hydrogens is 264 g/mol. The van der Waals surface area contributed by atoms with Gasteiger partial charge in [0, 0.05) is 11.6 Å². The highest BCUT2D eigenvalue weighted by molar-refractivity contribution is 5.77. The van der Waals surface area contributed by atoms with E-state index in [1.807, 2.05) is 6.92 Å². The second-order valence-corrected chi connectivity index (χ2v) is 5.15. The molecule has 1 saturated carbocycles. The van der Waals surface area contributed by atoms with Crippen LogP contribution in [0, 0.1) is 17.6 Å². The highest BCUT2D eigenvalue weighted by Crippen LogP contribution is 2.28. The molecule has 1 N–H and O–H groups in total. The van der Waals surface area contributed by atoms with Crippen molar-refractivity contribution in [2.24, 2.45) is 5.92 Å². The molecule has 0 aromatic heterocycles. The van der Waals surface area contributed by atoms with E-state index in [1.165, 1.54) is 25.0 Å². The van der Waals surface area contributed by atoms with E-state index in [1.54, 1.807) is 0 Å². The Balaban J connectivity index is 1.88. The standard InChI is InChI=1S/C15H19F2NO2/c1-2-14(12-6-5-11(16)7-13(12)17)18-15(19)9-20-8-10-3-4-10/h5-7,10,14H,2-4,8-9H2,1H3,(H,18,19). The number of amides is 1. The van der Waals surface area contributed by atoms with E-state index in [-0.39, 0.29) is 12.5 Å². The fraction of sp³-hybridized carbons (Fsp3) is 0.533. The molecule has 110 valence electrons. The summed E-state index contributed by atoms with van der Waals surface area (Å²) < 4.78 is 31.8. The number of hydrogen-bond donors (Lipinski definition) is 1. The van der Waals surface area contributed by atoms with Crippen LogP contribution in [0.2, 0.25) is 0 Å². The lowest BCUT2D eigenvalue weighted by Gasteiger charge is -2.18. The van der Waals surface area contributed by atoms with Crippen molar-refractivity contribution >= 4 is 5.91 Å². The molecule has 1 aliphatic carbocycles. The van der Waals surface area contributed by atoms with Gasteiger partial charge in [-0.2, -0.15) is 0 Å². The molecule has 0 heterocycles. The minimum atomic E-state index is -0.643. The summed E-state index contributed by atoms with van der Waals surface area (Å²) >= 11 is 0. The quantitative estimate of drug-likeness (QED) is 0.835. The molecular formula is C15H19F2NO2. The first-order chi connectivity index (χ1) is 9.60. The molecule has 1 aromatic carbocycles. The van der Waals surface area contributed by atoms with E-state index in [4.69, 9.17) is 4.74 Å². The van der Waals surface area contributed by atoms with E-state index >= 15 is 0 Å². The zero-order valence-corrected chi connectivity index (χ0v) is 11.5. The molecule has 0 bridgehead atoms. The van der Waals surface area contributed by atoms with Gasteiger partial charge in [0.1, 0.15) is 18.2 Å².